The number of carbonyl (C=O) groups is 2. The summed E-state index contributed by atoms with van der Waals surface area (Å²) in [7, 11) is 0. The molecular weight excluding hydrogens is 324 g/mol. The maximum absolute atomic E-state index is 12.6. The van der Waals surface area contributed by atoms with Crippen LogP contribution in [0.2, 0.25) is 0 Å². The van der Waals surface area contributed by atoms with E-state index in [0.717, 1.165) is 18.5 Å². The van der Waals surface area contributed by atoms with Crippen LogP contribution in [0.1, 0.15) is 36.0 Å². The molecule has 0 aliphatic carbocycles. The van der Waals surface area contributed by atoms with Crippen molar-refractivity contribution in [3.05, 3.63) is 65.2 Å². The first kappa shape index (κ1) is 18.2. The molecule has 1 N–H and O–H groups in total. The van der Waals surface area contributed by atoms with E-state index in [1.807, 2.05) is 43.3 Å². The molecule has 0 radical (unpaired) electrons. The van der Waals surface area contributed by atoms with Gasteiger partial charge in [-0.05, 0) is 61.9 Å². The average molecular weight is 350 g/mol. The Morgan fingerprint density at radius 3 is 2.62 bits per heavy atom. The normalized spacial score (nSPS) is 16.8. The van der Waals surface area contributed by atoms with Gasteiger partial charge in [0.1, 0.15) is 6.04 Å². The van der Waals surface area contributed by atoms with Gasteiger partial charge in [0.05, 0.1) is 0 Å². The lowest BCUT2D eigenvalue weighted by atomic mass is 10.1. The molecule has 2 aromatic rings. The molecule has 1 saturated heterocycles. The molecule has 136 valence electrons. The van der Waals surface area contributed by atoms with Gasteiger partial charge in [-0.1, -0.05) is 36.4 Å². The lowest BCUT2D eigenvalue weighted by Gasteiger charge is -2.18. The number of benzene rings is 2. The van der Waals surface area contributed by atoms with Crippen molar-refractivity contribution in [2.24, 2.45) is 0 Å². The predicted octanol–water partition coefficient (Wildman–Crippen LogP) is 3.55. The summed E-state index contributed by atoms with van der Waals surface area (Å²) >= 11 is 0. The third kappa shape index (κ3) is 4.31. The average Bonchev–Trinajstić information content (AvgIpc) is 2.99. The minimum atomic E-state index is -0.402. The van der Waals surface area contributed by atoms with Crippen molar-refractivity contribution in [2.45, 2.75) is 45.6 Å². The number of hydrogen-bond acceptors (Lipinski definition) is 2. The highest BCUT2D eigenvalue weighted by atomic mass is 16.2. The zero-order valence-corrected chi connectivity index (χ0v) is 15.5. The molecule has 3 rings (SSSR count). The van der Waals surface area contributed by atoms with E-state index in [1.165, 1.54) is 16.7 Å². The molecule has 1 aliphatic heterocycles. The van der Waals surface area contributed by atoms with Crippen LogP contribution in [0, 0.1) is 13.8 Å². The van der Waals surface area contributed by atoms with E-state index < -0.39 is 6.04 Å². The standard InChI is InChI=1S/C22H26N2O2/c1-16-11-12-19(15-17(16)2)24-14-13-20(22(24)26)23-21(25)10-6-9-18-7-4-3-5-8-18/h3-5,7-8,11-12,15,20H,6,9-10,13-14H2,1-2H3,(H,23,25)/t20-/m0/s1. The first-order chi connectivity index (χ1) is 12.5. The molecule has 1 atom stereocenters. The Morgan fingerprint density at radius 1 is 1.12 bits per heavy atom. The lowest BCUT2D eigenvalue weighted by Crippen LogP contribution is -2.41. The number of amides is 2. The molecule has 1 aliphatic rings. The van der Waals surface area contributed by atoms with Crippen molar-refractivity contribution < 1.29 is 9.59 Å². The van der Waals surface area contributed by atoms with Crippen molar-refractivity contribution in [1.29, 1.82) is 0 Å². The second-order valence-electron chi connectivity index (χ2n) is 7.01. The molecule has 4 nitrogen and oxygen atoms in total. The lowest BCUT2D eigenvalue weighted by molar-refractivity contribution is -0.126. The summed E-state index contributed by atoms with van der Waals surface area (Å²) in [6.07, 6.45) is 2.78. The number of nitrogens with one attached hydrogen (secondary N) is 1. The highest BCUT2D eigenvalue weighted by molar-refractivity contribution is 6.01. The third-order valence-electron chi connectivity index (χ3n) is 5.06. The van der Waals surface area contributed by atoms with E-state index in [2.05, 4.69) is 24.4 Å². The van der Waals surface area contributed by atoms with Gasteiger partial charge in [0, 0.05) is 18.7 Å². The SMILES string of the molecule is Cc1ccc(N2CC[C@H](NC(=O)CCCc3ccccc3)C2=O)cc1C. The predicted molar refractivity (Wildman–Crippen MR) is 104 cm³/mol. The number of carbonyl (C=O) groups excluding carboxylic acids is 2. The van der Waals surface area contributed by atoms with Crippen LogP contribution in [0.4, 0.5) is 5.69 Å². The summed E-state index contributed by atoms with van der Waals surface area (Å²) in [4.78, 5) is 26.6. The number of nitrogens with zero attached hydrogens (tertiary/aromatic N) is 1. The minimum absolute atomic E-state index is 0.00957. The second kappa shape index (κ2) is 8.17. The van der Waals surface area contributed by atoms with Crippen LogP contribution in [-0.2, 0) is 16.0 Å². The van der Waals surface area contributed by atoms with Crippen LogP contribution in [0.25, 0.3) is 0 Å². The quantitative estimate of drug-likeness (QED) is 0.866. The Balaban J connectivity index is 1.50. The number of aryl methyl sites for hydroxylation is 3. The largest absolute Gasteiger partial charge is 0.344 e. The third-order valence-corrected chi connectivity index (χ3v) is 5.06. The Hall–Kier alpha value is -2.62. The first-order valence-electron chi connectivity index (χ1n) is 9.26. The fourth-order valence-electron chi connectivity index (χ4n) is 3.33. The van der Waals surface area contributed by atoms with Crippen LogP contribution in [0.5, 0.6) is 0 Å². The number of hydrogen-bond donors (Lipinski definition) is 1. The molecular formula is C22H26N2O2. The zero-order chi connectivity index (χ0) is 18.5. The molecule has 1 fully saturated rings. The van der Waals surface area contributed by atoms with E-state index in [0.29, 0.717) is 19.4 Å². The van der Waals surface area contributed by atoms with Gasteiger partial charge in [-0.2, -0.15) is 0 Å². The summed E-state index contributed by atoms with van der Waals surface area (Å²) in [6.45, 7) is 4.76. The van der Waals surface area contributed by atoms with Gasteiger partial charge in [-0.3, -0.25) is 9.59 Å². The van der Waals surface area contributed by atoms with Crippen LogP contribution in [-0.4, -0.2) is 24.4 Å². The van der Waals surface area contributed by atoms with Gasteiger partial charge in [0.2, 0.25) is 11.8 Å². The van der Waals surface area contributed by atoms with Gasteiger partial charge in [0.15, 0.2) is 0 Å². The smallest absolute Gasteiger partial charge is 0.249 e. The summed E-state index contributed by atoms with van der Waals surface area (Å²) in [6, 6.07) is 15.8. The molecule has 0 spiro atoms. The Morgan fingerprint density at radius 2 is 1.88 bits per heavy atom. The summed E-state index contributed by atoms with van der Waals surface area (Å²) in [5.41, 5.74) is 4.53. The van der Waals surface area contributed by atoms with E-state index in [4.69, 9.17) is 0 Å². The molecule has 4 heteroatoms. The molecule has 0 unspecified atom stereocenters. The summed E-state index contributed by atoms with van der Waals surface area (Å²) < 4.78 is 0. The van der Waals surface area contributed by atoms with E-state index in [9.17, 15) is 9.59 Å². The highest BCUT2D eigenvalue weighted by Gasteiger charge is 2.33. The molecule has 2 amide bonds. The van der Waals surface area contributed by atoms with Gasteiger partial charge in [-0.25, -0.2) is 0 Å². The number of rotatable bonds is 6. The fourth-order valence-corrected chi connectivity index (χ4v) is 3.33. The van der Waals surface area contributed by atoms with E-state index >= 15 is 0 Å². The molecule has 0 saturated carbocycles. The van der Waals surface area contributed by atoms with Gasteiger partial charge in [-0.15, -0.1) is 0 Å². The van der Waals surface area contributed by atoms with Crippen molar-refractivity contribution in [3.8, 4) is 0 Å². The maximum atomic E-state index is 12.6. The Labute approximate surface area is 155 Å². The molecule has 1 heterocycles. The van der Waals surface area contributed by atoms with Crippen molar-refractivity contribution in [3.63, 3.8) is 0 Å². The molecule has 26 heavy (non-hydrogen) atoms. The Bertz CT molecular complexity index is 786. The van der Waals surface area contributed by atoms with E-state index in [1.54, 1.807) is 4.90 Å². The molecule has 0 aromatic heterocycles. The van der Waals surface area contributed by atoms with Gasteiger partial charge in [0.25, 0.3) is 0 Å². The van der Waals surface area contributed by atoms with Crippen molar-refractivity contribution in [1.82, 2.24) is 5.32 Å². The first-order valence-corrected chi connectivity index (χ1v) is 9.26. The topological polar surface area (TPSA) is 49.4 Å². The molecule has 0 bridgehead atoms. The van der Waals surface area contributed by atoms with Gasteiger partial charge < -0.3 is 10.2 Å². The van der Waals surface area contributed by atoms with E-state index in [-0.39, 0.29) is 11.8 Å². The number of anilines is 1. The van der Waals surface area contributed by atoms with Crippen LogP contribution in [0.3, 0.4) is 0 Å². The van der Waals surface area contributed by atoms with Crippen molar-refractivity contribution in [2.75, 3.05) is 11.4 Å². The molecule has 2 aromatic carbocycles. The van der Waals surface area contributed by atoms with Crippen LogP contribution in [0.15, 0.2) is 48.5 Å². The maximum Gasteiger partial charge on any atom is 0.249 e. The van der Waals surface area contributed by atoms with Gasteiger partial charge >= 0.3 is 0 Å². The zero-order valence-electron chi connectivity index (χ0n) is 15.5. The van der Waals surface area contributed by atoms with Crippen LogP contribution < -0.4 is 10.2 Å². The van der Waals surface area contributed by atoms with Crippen LogP contribution >= 0.6 is 0 Å². The fraction of sp³-hybridized carbons (Fsp3) is 0.364. The monoisotopic (exact) mass is 350 g/mol. The second-order valence-corrected chi connectivity index (χ2v) is 7.01. The minimum Gasteiger partial charge on any atom is -0.344 e. The van der Waals surface area contributed by atoms with Crippen molar-refractivity contribution >= 4 is 17.5 Å². The summed E-state index contributed by atoms with van der Waals surface area (Å²) in [5.74, 6) is -0.0501. The summed E-state index contributed by atoms with van der Waals surface area (Å²) in [5, 5.41) is 2.91. The Kier molecular flexibility index (Phi) is 5.71. The highest BCUT2D eigenvalue weighted by Crippen LogP contribution is 2.24.